The van der Waals surface area contributed by atoms with Gasteiger partial charge in [-0.1, -0.05) is 12.1 Å². The van der Waals surface area contributed by atoms with Crippen molar-refractivity contribution in [3.8, 4) is 0 Å². The number of carbonyl (C=O) groups is 4. The Morgan fingerprint density at radius 1 is 0.533 bits per heavy atom. The zero-order valence-electron chi connectivity index (χ0n) is 14.4. The number of aromatic carboxylic acids is 4. The Balaban J connectivity index is 2.67. The number of benzene rings is 2. The van der Waals surface area contributed by atoms with Gasteiger partial charge in [0, 0.05) is 11.1 Å². The Kier molecular flexibility index (Phi) is 5.55. The molecule has 0 aliphatic heterocycles. The van der Waals surface area contributed by atoms with E-state index in [1.807, 2.05) is 0 Å². The van der Waals surface area contributed by atoms with Gasteiger partial charge in [0.15, 0.2) is 0 Å². The number of hydrogen-bond donors (Lipinski definition) is 4. The molecule has 12 heteroatoms. The van der Waals surface area contributed by atoms with Gasteiger partial charge in [0.25, 0.3) is 0 Å². The summed E-state index contributed by atoms with van der Waals surface area (Å²) in [6.07, 6.45) is 0. The maximum atomic E-state index is 14.6. The molecular weight excluding hydrogens is 420 g/mol. The third-order valence-electron chi connectivity index (χ3n) is 4.08. The van der Waals surface area contributed by atoms with Crippen molar-refractivity contribution in [2.24, 2.45) is 0 Å². The number of alkyl halides is 4. The number of carboxylic acid groups (broad SMARTS) is 4. The molecule has 2 aromatic rings. The third-order valence-corrected chi connectivity index (χ3v) is 4.08. The van der Waals surface area contributed by atoms with Crippen LogP contribution in [0.25, 0.3) is 0 Å². The van der Waals surface area contributed by atoms with E-state index >= 15 is 0 Å². The van der Waals surface area contributed by atoms with Gasteiger partial charge < -0.3 is 20.4 Å². The predicted molar refractivity (Wildman–Crippen MR) is 88.5 cm³/mol. The highest BCUT2D eigenvalue weighted by atomic mass is 19.3. The molecule has 0 atom stereocenters. The van der Waals surface area contributed by atoms with E-state index in [1.165, 1.54) is 0 Å². The molecule has 2 rings (SSSR count). The minimum Gasteiger partial charge on any atom is -0.478 e. The van der Waals surface area contributed by atoms with Crippen LogP contribution in [0.3, 0.4) is 0 Å². The lowest BCUT2D eigenvalue weighted by Crippen LogP contribution is -2.36. The van der Waals surface area contributed by atoms with Gasteiger partial charge in [0.1, 0.15) is 0 Å². The van der Waals surface area contributed by atoms with E-state index in [0.717, 1.165) is 0 Å². The van der Waals surface area contributed by atoms with Gasteiger partial charge in [-0.25, -0.2) is 19.2 Å². The second kappa shape index (κ2) is 7.46. The van der Waals surface area contributed by atoms with Crippen molar-refractivity contribution in [1.82, 2.24) is 0 Å². The molecule has 4 N–H and O–H groups in total. The average Bonchev–Trinajstić information content (AvgIpc) is 2.66. The van der Waals surface area contributed by atoms with Crippen LogP contribution in [-0.2, 0) is 11.8 Å². The summed E-state index contributed by atoms with van der Waals surface area (Å²) in [6, 6.07) is 1.58. The topological polar surface area (TPSA) is 149 Å². The predicted octanol–water partition coefficient (Wildman–Crippen LogP) is 3.36. The second-order valence-electron chi connectivity index (χ2n) is 5.89. The van der Waals surface area contributed by atoms with Gasteiger partial charge in [0.2, 0.25) is 0 Å². The molecule has 0 radical (unpaired) electrons. The lowest BCUT2D eigenvalue weighted by Gasteiger charge is -2.28. The molecule has 0 saturated carbocycles. The number of rotatable bonds is 7. The molecule has 30 heavy (non-hydrogen) atoms. The Labute approximate surface area is 163 Å². The van der Waals surface area contributed by atoms with Gasteiger partial charge in [0.05, 0.1) is 22.3 Å². The first-order chi connectivity index (χ1) is 13.7. The van der Waals surface area contributed by atoms with E-state index in [4.69, 9.17) is 20.4 Å². The summed E-state index contributed by atoms with van der Waals surface area (Å²) in [5.41, 5.74) is -7.25. The SMILES string of the molecule is O=C(O)c1ccc(C(F)(F)C(F)(F)c2ccc(C(=O)O)c(C(=O)O)c2)cc1C(=O)O. The molecule has 0 spiro atoms. The van der Waals surface area contributed by atoms with E-state index in [2.05, 4.69) is 0 Å². The van der Waals surface area contributed by atoms with E-state index in [1.54, 1.807) is 0 Å². The maximum Gasteiger partial charge on any atom is 0.339 e. The molecular formula is C18H10F4O8. The highest BCUT2D eigenvalue weighted by Gasteiger charge is 2.59. The maximum absolute atomic E-state index is 14.6. The fourth-order valence-corrected chi connectivity index (χ4v) is 2.57. The van der Waals surface area contributed by atoms with Gasteiger partial charge in [-0.2, -0.15) is 17.6 Å². The van der Waals surface area contributed by atoms with Crippen LogP contribution in [0.5, 0.6) is 0 Å². The van der Waals surface area contributed by atoms with Crippen LogP contribution in [0.2, 0.25) is 0 Å². The fraction of sp³-hybridized carbons (Fsp3) is 0.111. The number of carboxylic acids is 4. The number of hydrogen-bond acceptors (Lipinski definition) is 4. The second-order valence-corrected chi connectivity index (χ2v) is 5.89. The Morgan fingerprint density at radius 3 is 1.03 bits per heavy atom. The Bertz CT molecular complexity index is 992. The summed E-state index contributed by atoms with van der Waals surface area (Å²) in [5.74, 6) is -17.7. The monoisotopic (exact) mass is 430 g/mol. The van der Waals surface area contributed by atoms with Crippen molar-refractivity contribution in [1.29, 1.82) is 0 Å². The highest BCUT2D eigenvalue weighted by Crippen LogP contribution is 2.50. The normalized spacial score (nSPS) is 11.7. The standard InChI is InChI=1S/C18H10F4O8/c19-17(20,7-1-3-9(13(23)24)11(5-7)15(27)28)18(21,22)8-2-4-10(14(25)26)12(6-8)16(29)30/h1-6H,(H,23,24)(H,25,26)(H,27,28)(H,29,30). The first-order valence-corrected chi connectivity index (χ1v) is 7.69. The van der Waals surface area contributed by atoms with E-state index in [0.29, 0.717) is 24.3 Å². The summed E-state index contributed by atoms with van der Waals surface area (Å²) >= 11 is 0. The first kappa shape index (κ1) is 22.3. The summed E-state index contributed by atoms with van der Waals surface area (Å²) < 4.78 is 58.5. The molecule has 8 nitrogen and oxygen atoms in total. The molecule has 0 aliphatic carbocycles. The lowest BCUT2D eigenvalue weighted by molar-refractivity contribution is -0.223. The molecule has 0 heterocycles. The molecule has 0 unspecified atom stereocenters. The van der Waals surface area contributed by atoms with E-state index < -0.39 is 69.1 Å². The minimum atomic E-state index is -5.12. The van der Waals surface area contributed by atoms with Gasteiger partial charge in [-0.3, -0.25) is 0 Å². The quantitative estimate of drug-likeness (QED) is 0.489. The summed E-state index contributed by atoms with van der Waals surface area (Å²) in [6.45, 7) is 0. The third kappa shape index (κ3) is 3.66. The molecule has 0 bridgehead atoms. The van der Waals surface area contributed by atoms with Crippen LogP contribution < -0.4 is 0 Å². The summed E-state index contributed by atoms with van der Waals surface area (Å²) in [4.78, 5) is 44.2. The van der Waals surface area contributed by atoms with Crippen molar-refractivity contribution >= 4 is 23.9 Å². The van der Waals surface area contributed by atoms with Crippen LogP contribution in [0.4, 0.5) is 17.6 Å². The van der Waals surface area contributed by atoms with E-state index in [-0.39, 0.29) is 12.1 Å². The highest BCUT2D eigenvalue weighted by molar-refractivity contribution is 6.02. The van der Waals surface area contributed by atoms with Crippen molar-refractivity contribution in [2.75, 3.05) is 0 Å². The van der Waals surface area contributed by atoms with Crippen molar-refractivity contribution in [2.45, 2.75) is 11.8 Å². The van der Waals surface area contributed by atoms with Crippen molar-refractivity contribution in [3.05, 3.63) is 69.8 Å². The summed E-state index contributed by atoms with van der Waals surface area (Å²) in [5, 5.41) is 35.8. The van der Waals surface area contributed by atoms with Crippen molar-refractivity contribution < 1.29 is 57.2 Å². The smallest absolute Gasteiger partial charge is 0.339 e. The van der Waals surface area contributed by atoms with Crippen LogP contribution in [-0.4, -0.2) is 44.3 Å². The first-order valence-electron chi connectivity index (χ1n) is 7.69. The zero-order chi connectivity index (χ0) is 23.0. The van der Waals surface area contributed by atoms with Gasteiger partial charge >= 0.3 is 35.7 Å². The van der Waals surface area contributed by atoms with Crippen LogP contribution in [0, 0.1) is 0 Å². The molecule has 2 aromatic carbocycles. The van der Waals surface area contributed by atoms with Crippen LogP contribution in [0.1, 0.15) is 52.6 Å². The van der Waals surface area contributed by atoms with Gasteiger partial charge in [-0.15, -0.1) is 0 Å². The summed E-state index contributed by atoms with van der Waals surface area (Å²) in [7, 11) is 0. The number of halogens is 4. The fourth-order valence-electron chi connectivity index (χ4n) is 2.57. The van der Waals surface area contributed by atoms with Crippen LogP contribution in [0.15, 0.2) is 36.4 Å². The van der Waals surface area contributed by atoms with Crippen molar-refractivity contribution in [3.63, 3.8) is 0 Å². The van der Waals surface area contributed by atoms with E-state index in [9.17, 15) is 36.7 Å². The van der Waals surface area contributed by atoms with Gasteiger partial charge in [-0.05, 0) is 24.3 Å². The molecule has 0 amide bonds. The minimum absolute atomic E-state index is 0.0728. The largest absolute Gasteiger partial charge is 0.478 e. The average molecular weight is 430 g/mol. The molecule has 0 saturated heterocycles. The molecule has 0 aromatic heterocycles. The molecule has 158 valence electrons. The lowest BCUT2D eigenvalue weighted by atomic mass is 9.91. The molecule has 0 aliphatic rings. The Hall–Kier alpha value is -3.96. The zero-order valence-corrected chi connectivity index (χ0v) is 14.4. The Morgan fingerprint density at radius 2 is 0.800 bits per heavy atom. The molecule has 0 fully saturated rings. The van der Waals surface area contributed by atoms with Crippen LogP contribution >= 0.6 is 0 Å².